The molecule has 0 spiro atoms. The van der Waals surface area contributed by atoms with E-state index in [0.717, 1.165) is 38.4 Å². The molecule has 118 valence electrons. The first-order valence-corrected chi connectivity index (χ1v) is 9.28. The molecule has 5 heteroatoms. The highest BCUT2D eigenvalue weighted by Gasteiger charge is 2.58. The monoisotopic (exact) mass is 304 g/mol. The van der Waals surface area contributed by atoms with E-state index in [9.17, 15) is 13.5 Å². The molecule has 0 saturated heterocycles. The van der Waals surface area contributed by atoms with E-state index in [1.807, 2.05) is 6.92 Å². The molecule has 0 heterocycles. The minimum absolute atomic E-state index is 0.0130. The van der Waals surface area contributed by atoms with E-state index in [-0.39, 0.29) is 22.9 Å². The van der Waals surface area contributed by atoms with Crippen LogP contribution in [0.3, 0.4) is 0 Å². The second-order valence-electron chi connectivity index (χ2n) is 8.13. The molecular weight excluding hydrogens is 276 g/mol. The van der Waals surface area contributed by atoms with E-state index in [1.165, 1.54) is 0 Å². The summed E-state index contributed by atoms with van der Waals surface area (Å²) in [5.74, 6) is 0.0826. The van der Waals surface area contributed by atoms with Gasteiger partial charge in [-0.15, -0.1) is 0 Å². The topological polar surface area (TPSA) is 63.6 Å². The quantitative estimate of drug-likeness (QED) is 0.797. The molecule has 0 unspecified atom stereocenters. The molecule has 0 amide bonds. The summed E-state index contributed by atoms with van der Waals surface area (Å²) in [4.78, 5) is 0. The van der Waals surface area contributed by atoms with Gasteiger partial charge in [0.1, 0.15) is 0 Å². The number of rotatable bonds is 2. The Morgan fingerprint density at radius 3 is 2.25 bits per heavy atom. The summed E-state index contributed by atoms with van der Waals surface area (Å²) in [7, 11) is -3.48. The third kappa shape index (κ3) is 3.04. The predicted molar refractivity (Wildman–Crippen MR) is 78.8 cm³/mol. The van der Waals surface area contributed by atoms with Gasteiger partial charge in [0, 0.05) is 5.41 Å². The average Bonchev–Trinajstić information content (AvgIpc) is 2.19. The lowest BCUT2D eigenvalue weighted by molar-refractivity contribution is -0.175. The fraction of sp³-hybridized carbons (Fsp3) is 1.00. The van der Waals surface area contributed by atoms with Crippen LogP contribution in [0, 0.1) is 16.7 Å². The van der Waals surface area contributed by atoms with E-state index >= 15 is 0 Å². The Hall–Kier alpha value is -0.130. The molecule has 2 rings (SSSR count). The summed E-state index contributed by atoms with van der Waals surface area (Å²) < 4.78 is 28.6. The third-order valence-electron chi connectivity index (χ3n) is 5.47. The Bertz CT molecular complexity index is 480. The summed E-state index contributed by atoms with van der Waals surface area (Å²) in [5, 5.41) is 10.8. The molecule has 0 aliphatic heterocycles. The van der Waals surface area contributed by atoms with Crippen molar-refractivity contribution in [3.8, 4) is 0 Å². The molecule has 0 aromatic carbocycles. The Morgan fingerprint density at radius 2 is 1.70 bits per heavy atom. The van der Waals surface area contributed by atoms with Crippen molar-refractivity contribution in [2.45, 2.75) is 71.5 Å². The minimum Gasteiger partial charge on any atom is -0.390 e. The molecule has 1 N–H and O–H groups in total. The summed E-state index contributed by atoms with van der Waals surface area (Å²) >= 11 is 0. The molecule has 2 fully saturated rings. The predicted octanol–water partition coefficient (Wildman–Crippen LogP) is 2.71. The number of hydrogen-bond acceptors (Lipinski definition) is 4. The molecular formula is C15H28O4S. The molecule has 20 heavy (non-hydrogen) atoms. The van der Waals surface area contributed by atoms with Crippen LogP contribution in [0.25, 0.3) is 0 Å². The maximum absolute atomic E-state index is 11.6. The minimum atomic E-state index is -3.48. The van der Waals surface area contributed by atoms with Crippen molar-refractivity contribution in [3.63, 3.8) is 0 Å². The molecule has 0 bridgehead atoms. The van der Waals surface area contributed by atoms with Gasteiger partial charge >= 0.3 is 0 Å². The SMILES string of the molecule is CC1(C)C[C@@H](OS(C)(=O)=O)[C@]2(C)CCC[C@@](C)(O)[C@H]2C1. The fourth-order valence-corrected chi connectivity index (χ4v) is 5.16. The van der Waals surface area contributed by atoms with Crippen molar-refractivity contribution in [1.29, 1.82) is 0 Å². The van der Waals surface area contributed by atoms with Gasteiger partial charge in [-0.2, -0.15) is 8.42 Å². The van der Waals surface area contributed by atoms with E-state index in [0.29, 0.717) is 0 Å². The zero-order chi connectivity index (χ0) is 15.4. The van der Waals surface area contributed by atoms with Gasteiger partial charge in [-0.3, -0.25) is 4.18 Å². The fourth-order valence-electron chi connectivity index (χ4n) is 4.45. The number of hydrogen-bond donors (Lipinski definition) is 1. The van der Waals surface area contributed by atoms with Gasteiger partial charge < -0.3 is 5.11 Å². The summed E-state index contributed by atoms with van der Waals surface area (Å²) in [6.07, 6.45) is 5.05. The van der Waals surface area contributed by atoms with Crippen molar-refractivity contribution >= 4 is 10.1 Å². The van der Waals surface area contributed by atoms with Crippen molar-refractivity contribution in [3.05, 3.63) is 0 Å². The maximum atomic E-state index is 11.6. The molecule has 0 aromatic rings. The highest BCUT2D eigenvalue weighted by molar-refractivity contribution is 7.86. The summed E-state index contributed by atoms with van der Waals surface area (Å²) in [6, 6.07) is 0. The Balaban J connectivity index is 2.40. The Morgan fingerprint density at radius 1 is 1.10 bits per heavy atom. The second kappa shape index (κ2) is 4.68. The Labute approximate surface area is 123 Å². The lowest BCUT2D eigenvalue weighted by Crippen LogP contribution is -2.59. The average molecular weight is 304 g/mol. The van der Waals surface area contributed by atoms with Crippen molar-refractivity contribution < 1.29 is 17.7 Å². The molecule has 0 aromatic heterocycles. The van der Waals surface area contributed by atoms with Crippen LogP contribution in [-0.4, -0.2) is 31.5 Å². The van der Waals surface area contributed by atoms with E-state index in [2.05, 4.69) is 20.8 Å². The van der Waals surface area contributed by atoms with Crippen LogP contribution >= 0.6 is 0 Å². The van der Waals surface area contributed by atoms with Crippen LogP contribution in [0.4, 0.5) is 0 Å². The highest BCUT2D eigenvalue weighted by Crippen LogP contribution is 2.59. The molecule has 4 atom stereocenters. The number of aliphatic hydroxyl groups is 1. The molecule has 2 aliphatic rings. The zero-order valence-corrected chi connectivity index (χ0v) is 14.1. The second-order valence-corrected chi connectivity index (χ2v) is 9.73. The van der Waals surface area contributed by atoms with Crippen LogP contribution in [0.2, 0.25) is 0 Å². The van der Waals surface area contributed by atoms with Gasteiger partial charge in [0.05, 0.1) is 18.0 Å². The summed E-state index contributed by atoms with van der Waals surface area (Å²) in [6.45, 7) is 8.26. The van der Waals surface area contributed by atoms with Crippen LogP contribution < -0.4 is 0 Å². The third-order valence-corrected chi connectivity index (χ3v) is 6.05. The van der Waals surface area contributed by atoms with Gasteiger partial charge in [0.25, 0.3) is 10.1 Å². The lowest BCUT2D eigenvalue weighted by Gasteiger charge is -2.59. The van der Waals surface area contributed by atoms with E-state index in [1.54, 1.807) is 0 Å². The van der Waals surface area contributed by atoms with Crippen molar-refractivity contribution in [2.24, 2.45) is 16.7 Å². The maximum Gasteiger partial charge on any atom is 0.264 e. The van der Waals surface area contributed by atoms with Crippen LogP contribution in [0.5, 0.6) is 0 Å². The van der Waals surface area contributed by atoms with Gasteiger partial charge in [-0.05, 0) is 50.4 Å². The molecule has 0 radical (unpaired) electrons. The van der Waals surface area contributed by atoms with Gasteiger partial charge in [-0.1, -0.05) is 20.8 Å². The zero-order valence-electron chi connectivity index (χ0n) is 13.3. The summed E-state index contributed by atoms with van der Waals surface area (Å²) in [5.41, 5.74) is -1.01. The molecule has 4 nitrogen and oxygen atoms in total. The molecule has 2 aliphatic carbocycles. The highest BCUT2D eigenvalue weighted by atomic mass is 32.2. The first-order valence-electron chi connectivity index (χ1n) is 7.46. The van der Waals surface area contributed by atoms with Crippen molar-refractivity contribution in [2.75, 3.05) is 6.26 Å². The standard InChI is InChI=1S/C15H28O4S/c1-13(2)9-11-14(3,7-6-8-15(11,4)16)12(10-13)19-20(5,17)18/h11-12,16H,6-10H2,1-5H3/t11-,12+,14+,15+/m0/s1. The van der Waals surface area contributed by atoms with Gasteiger partial charge in [0.15, 0.2) is 0 Å². The normalized spacial score (nSPS) is 44.9. The number of fused-ring (bicyclic) bond motifs is 1. The smallest absolute Gasteiger partial charge is 0.264 e. The molecule has 2 saturated carbocycles. The van der Waals surface area contributed by atoms with E-state index in [4.69, 9.17) is 4.18 Å². The first kappa shape index (κ1) is 16.2. The lowest BCUT2D eigenvalue weighted by atomic mass is 9.50. The Kier molecular flexibility index (Phi) is 3.80. The van der Waals surface area contributed by atoms with Crippen LogP contribution in [-0.2, 0) is 14.3 Å². The largest absolute Gasteiger partial charge is 0.390 e. The van der Waals surface area contributed by atoms with Crippen LogP contribution in [0.1, 0.15) is 59.8 Å². The van der Waals surface area contributed by atoms with Crippen LogP contribution in [0.15, 0.2) is 0 Å². The van der Waals surface area contributed by atoms with Crippen molar-refractivity contribution in [1.82, 2.24) is 0 Å². The van der Waals surface area contributed by atoms with Gasteiger partial charge in [-0.25, -0.2) is 0 Å². The van der Waals surface area contributed by atoms with Gasteiger partial charge in [0.2, 0.25) is 0 Å². The van der Waals surface area contributed by atoms with E-state index < -0.39 is 15.7 Å². The first-order chi connectivity index (χ1) is 8.86.